The molecule has 1 aromatic rings. The zero-order valence-electron chi connectivity index (χ0n) is 13.4. The van der Waals surface area contributed by atoms with Crippen molar-refractivity contribution in [3.8, 4) is 0 Å². The van der Waals surface area contributed by atoms with E-state index in [0.717, 1.165) is 0 Å². The first-order valence-corrected chi connectivity index (χ1v) is 8.69. The van der Waals surface area contributed by atoms with E-state index in [1.165, 1.54) is 16.7 Å². The smallest absolute Gasteiger partial charge is 0.352 e. The molecule has 2 heterocycles. The minimum Gasteiger partial charge on any atom is -0.477 e. The van der Waals surface area contributed by atoms with Crippen LogP contribution in [0.4, 0.5) is 0 Å². The Kier molecular flexibility index (Phi) is 4.80. The first-order chi connectivity index (χ1) is 12.0. The van der Waals surface area contributed by atoms with E-state index >= 15 is 0 Å². The monoisotopic (exact) mass is 362 g/mol. The number of hydrazine groups is 1. The van der Waals surface area contributed by atoms with Crippen LogP contribution in [-0.4, -0.2) is 45.0 Å². The minimum atomic E-state index is -1.13. The SMILES string of the molecule is CC1=C(C(=O)O)N2C(=O)[C@@H](NC(=O)C(NN)c3ccccc3)C2SC1. The lowest BCUT2D eigenvalue weighted by atomic mass is 10.0. The Bertz CT molecular complexity index is 752. The number of fused-ring (bicyclic) bond motifs is 1. The van der Waals surface area contributed by atoms with Crippen LogP contribution in [0.15, 0.2) is 41.6 Å². The quantitative estimate of drug-likeness (QED) is 0.329. The number of carboxylic acid groups (broad SMARTS) is 1. The van der Waals surface area contributed by atoms with Crippen LogP contribution in [-0.2, 0) is 14.4 Å². The molecule has 8 nitrogen and oxygen atoms in total. The molecule has 2 aliphatic heterocycles. The van der Waals surface area contributed by atoms with Crippen LogP contribution in [0.5, 0.6) is 0 Å². The molecule has 5 N–H and O–H groups in total. The molecule has 2 aliphatic rings. The van der Waals surface area contributed by atoms with Crippen LogP contribution >= 0.6 is 11.8 Å². The van der Waals surface area contributed by atoms with E-state index in [9.17, 15) is 19.5 Å². The van der Waals surface area contributed by atoms with E-state index in [1.54, 1.807) is 31.2 Å². The van der Waals surface area contributed by atoms with Gasteiger partial charge in [0.25, 0.3) is 5.91 Å². The third kappa shape index (κ3) is 3.01. The van der Waals surface area contributed by atoms with Crippen LogP contribution in [0.1, 0.15) is 18.5 Å². The number of aliphatic carboxylic acids is 1. The Morgan fingerprint density at radius 2 is 2.04 bits per heavy atom. The van der Waals surface area contributed by atoms with E-state index in [0.29, 0.717) is 16.9 Å². The maximum Gasteiger partial charge on any atom is 0.352 e. The molecule has 0 radical (unpaired) electrons. The molecule has 2 amide bonds. The fourth-order valence-electron chi connectivity index (χ4n) is 2.98. The zero-order chi connectivity index (χ0) is 18.1. The second kappa shape index (κ2) is 6.87. The average molecular weight is 362 g/mol. The maximum absolute atomic E-state index is 12.5. The van der Waals surface area contributed by atoms with Crippen molar-refractivity contribution in [3.05, 3.63) is 47.2 Å². The van der Waals surface area contributed by atoms with Crippen molar-refractivity contribution < 1.29 is 19.5 Å². The maximum atomic E-state index is 12.5. The van der Waals surface area contributed by atoms with Crippen LogP contribution in [0.25, 0.3) is 0 Å². The molecular formula is C16H18N4O4S. The van der Waals surface area contributed by atoms with Gasteiger partial charge in [-0.25, -0.2) is 10.2 Å². The number of carboxylic acids is 1. The molecule has 0 aromatic heterocycles. The fraction of sp³-hybridized carbons (Fsp3) is 0.312. The van der Waals surface area contributed by atoms with E-state index in [-0.39, 0.29) is 5.70 Å². The minimum absolute atomic E-state index is 0.0100. The van der Waals surface area contributed by atoms with Crippen molar-refractivity contribution >= 4 is 29.5 Å². The van der Waals surface area contributed by atoms with Crippen LogP contribution < -0.4 is 16.6 Å². The topological polar surface area (TPSA) is 125 Å². The molecule has 2 unspecified atom stereocenters. The van der Waals surface area contributed by atoms with Crippen LogP contribution in [0.2, 0.25) is 0 Å². The number of carbonyl (C=O) groups excluding carboxylic acids is 2. The number of β-lactam (4-membered cyclic amide) rings is 1. The number of thioether (sulfide) groups is 1. The van der Waals surface area contributed by atoms with Crippen LogP contribution in [0.3, 0.4) is 0 Å². The number of hydrogen-bond acceptors (Lipinski definition) is 6. The van der Waals surface area contributed by atoms with Gasteiger partial charge in [0.1, 0.15) is 23.2 Å². The summed E-state index contributed by atoms with van der Waals surface area (Å²) in [4.78, 5) is 37.5. The summed E-state index contributed by atoms with van der Waals surface area (Å²) >= 11 is 1.43. The highest BCUT2D eigenvalue weighted by Gasteiger charge is 2.54. The van der Waals surface area contributed by atoms with Gasteiger partial charge in [0.2, 0.25) is 5.91 Å². The third-order valence-electron chi connectivity index (χ3n) is 4.22. The molecule has 9 heteroatoms. The summed E-state index contributed by atoms with van der Waals surface area (Å²) in [6, 6.07) is 7.34. The van der Waals surface area contributed by atoms with Gasteiger partial charge in [0, 0.05) is 5.75 Å². The van der Waals surface area contributed by atoms with Crippen molar-refractivity contribution in [1.29, 1.82) is 0 Å². The molecule has 1 aromatic carbocycles. The van der Waals surface area contributed by atoms with Gasteiger partial charge in [-0.05, 0) is 18.1 Å². The summed E-state index contributed by atoms with van der Waals surface area (Å²) in [6.07, 6.45) is 0. The van der Waals surface area contributed by atoms with Gasteiger partial charge < -0.3 is 10.4 Å². The predicted molar refractivity (Wildman–Crippen MR) is 91.9 cm³/mol. The largest absolute Gasteiger partial charge is 0.477 e. The summed E-state index contributed by atoms with van der Waals surface area (Å²) in [5, 5.41) is 11.6. The summed E-state index contributed by atoms with van der Waals surface area (Å²) in [5.41, 5.74) is 3.76. The second-order valence-corrected chi connectivity index (χ2v) is 6.95. The van der Waals surface area contributed by atoms with E-state index in [4.69, 9.17) is 5.84 Å². The zero-order valence-corrected chi connectivity index (χ0v) is 14.2. The average Bonchev–Trinajstić information content (AvgIpc) is 2.60. The number of nitrogens with zero attached hydrogens (tertiary/aromatic N) is 1. The first kappa shape index (κ1) is 17.5. The first-order valence-electron chi connectivity index (χ1n) is 7.65. The molecule has 0 aliphatic carbocycles. The molecule has 1 saturated heterocycles. The Morgan fingerprint density at radius 1 is 1.36 bits per heavy atom. The second-order valence-electron chi connectivity index (χ2n) is 5.84. The van der Waals surface area contributed by atoms with Gasteiger partial charge in [0.05, 0.1) is 0 Å². The molecule has 132 valence electrons. The highest BCUT2D eigenvalue weighted by atomic mass is 32.2. The number of nitrogens with one attached hydrogen (secondary N) is 2. The lowest BCUT2D eigenvalue weighted by Crippen LogP contribution is -2.71. The molecule has 25 heavy (non-hydrogen) atoms. The predicted octanol–water partition coefficient (Wildman–Crippen LogP) is -0.0505. The van der Waals surface area contributed by atoms with Gasteiger partial charge >= 0.3 is 5.97 Å². The van der Waals surface area contributed by atoms with Crippen molar-refractivity contribution in [3.63, 3.8) is 0 Å². The van der Waals surface area contributed by atoms with Gasteiger partial charge in [-0.1, -0.05) is 30.3 Å². The van der Waals surface area contributed by atoms with Crippen molar-refractivity contribution in [1.82, 2.24) is 15.6 Å². The lowest BCUT2D eigenvalue weighted by Gasteiger charge is -2.49. The summed E-state index contributed by atoms with van der Waals surface area (Å²) in [6.45, 7) is 1.69. The third-order valence-corrected chi connectivity index (χ3v) is 5.65. The van der Waals surface area contributed by atoms with Gasteiger partial charge in [0.15, 0.2) is 0 Å². The number of rotatable bonds is 5. The Labute approximate surface area is 148 Å². The van der Waals surface area contributed by atoms with E-state index in [2.05, 4.69) is 10.7 Å². The van der Waals surface area contributed by atoms with Crippen molar-refractivity contribution in [2.45, 2.75) is 24.4 Å². The summed E-state index contributed by atoms with van der Waals surface area (Å²) in [7, 11) is 0. The number of benzene rings is 1. The van der Waals surface area contributed by atoms with Crippen molar-refractivity contribution in [2.24, 2.45) is 5.84 Å². The van der Waals surface area contributed by atoms with E-state index < -0.39 is 35.2 Å². The number of nitrogens with two attached hydrogens (primary N) is 1. The fourth-order valence-corrected chi connectivity index (χ4v) is 4.27. The molecule has 0 saturated carbocycles. The van der Waals surface area contributed by atoms with Crippen LogP contribution in [0, 0.1) is 0 Å². The van der Waals surface area contributed by atoms with E-state index in [1.807, 2.05) is 6.07 Å². The van der Waals surface area contributed by atoms with Gasteiger partial charge in [-0.3, -0.25) is 20.3 Å². The summed E-state index contributed by atoms with van der Waals surface area (Å²) < 4.78 is 0. The molecule has 0 bridgehead atoms. The summed E-state index contributed by atoms with van der Waals surface area (Å²) in [5.74, 6) is 4.00. The van der Waals surface area contributed by atoms with Gasteiger partial charge in [-0.2, -0.15) is 0 Å². The normalized spacial score (nSPS) is 23.6. The van der Waals surface area contributed by atoms with Crippen molar-refractivity contribution in [2.75, 3.05) is 5.75 Å². The molecular weight excluding hydrogens is 344 g/mol. The highest BCUT2D eigenvalue weighted by molar-refractivity contribution is 8.00. The molecule has 3 rings (SSSR count). The molecule has 3 atom stereocenters. The Balaban J connectivity index is 1.74. The Hall–Kier alpha value is -2.36. The Morgan fingerprint density at radius 3 is 2.64 bits per heavy atom. The molecule has 1 fully saturated rings. The van der Waals surface area contributed by atoms with Gasteiger partial charge in [-0.15, -0.1) is 11.8 Å². The number of hydrogen-bond donors (Lipinski definition) is 4. The number of amides is 2. The lowest BCUT2D eigenvalue weighted by molar-refractivity contribution is -0.151. The standard InChI is InChI=1S/C16H18N4O4S/c1-8-7-25-15-11(14(22)20(15)12(8)16(23)24)18-13(21)10(19-17)9-5-3-2-4-6-9/h2-6,10-11,15,19H,7,17H2,1H3,(H,18,21)(H,23,24)/t10?,11-,15?/m1/s1. The number of carbonyl (C=O) groups is 3. The molecule has 0 spiro atoms. The highest BCUT2D eigenvalue weighted by Crippen LogP contribution is 2.40.